The smallest absolute Gasteiger partial charge is 0.267 e. The molecule has 0 fully saturated rings. The van der Waals surface area contributed by atoms with E-state index in [0.717, 1.165) is 5.75 Å². The average molecular weight is 391 g/mol. The SMILES string of the molecule is CCn1c(=O)c(-c2nc(-c3ccc(OC(C)C)cc3)no2)c(O)c2ccccc21. The van der Waals surface area contributed by atoms with Gasteiger partial charge in [-0.05, 0) is 57.2 Å². The molecule has 0 saturated heterocycles. The number of aromatic nitrogens is 3. The van der Waals surface area contributed by atoms with Gasteiger partial charge in [-0.2, -0.15) is 4.98 Å². The Hall–Kier alpha value is -3.61. The van der Waals surface area contributed by atoms with E-state index < -0.39 is 0 Å². The van der Waals surface area contributed by atoms with Crippen molar-refractivity contribution in [1.82, 2.24) is 14.7 Å². The summed E-state index contributed by atoms with van der Waals surface area (Å²) in [6.45, 7) is 6.23. The maximum absolute atomic E-state index is 13.0. The Bertz CT molecular complexity index is 1220. The number of fused-ring (bicyclic) bond motifs is 1. The summed E-state index contributed by atoms with van der Waals surface area (Å²) >= 11 is 0. The van der Waals surface area contributed by atoms with Crippen molar-refractivity contribution < 1.29 is 14.4 Å². The van der Waals surface area contributed by atoms with Gasteiger partial charge in [-0.3, -0.25) is 4.79 Å². The minimum Gasteiger partial charge on any atom is -0.506 e. The largest absolute Gasteiger partial charge is 0.506 e. The Morgan fingerprint density at radius 3 is 2.55 bits per heavy atom. The van der Waals surface area contributed by atoms with Crippen LogP contribution in [0.25, 0.3) is 33.7 Å². The molecule has 0 spiro atoms. The Kier molecular flexibility index (Phi) is 4.80. The van der Waals surface area contributed by atoms with Gasteiger partial charge in [0, 0.05) is 17.5 Å². The topological polar surface area (TPSA) is 90.4 Å². The van der Waals surface area contributed by atoms with Gasteiger partial charge in [-0.25, -0.2) is 0 Å². The Morgan fingerprint density at radius 1 is 1.14 bits per heavy atom. The van der Waals surface area contributed by atoms with Gasteiger partial charge in [0.25, 0.3) is 11.4 Å². The fraction of sp³-hybridized carbons (Fsp3) is 0.227. The zero-order chi connectivity index (χ0) is 20.5. The van der Waals surface area contributed by atoms with Crippen LogP contribution in [0.5, 0.6) is 11.5 Å². The third-order valence-corrected chi connectivity index (χ3v) is 4.59. The van der Waals surface area contributed by atoms with E-state index in [-0.39, 0.29) is 28.9 Å². The molecule has 0 unspecified atom stereocenters. The number of nitrogens with zero attached hydrogens (tertiary/aromatic N) is 3. The first-order valence-electron chi connectivity index (χ1n) is 9.45. The number of hydrogen-bond donors (Lipinski definition) is 1. The van der Waals surface area contributed by atoms with Crippen LogP contribution in [0.1, 0.15) is 20.8 Å². The zero-order valence-electron chi connectivity index (χ0n) is 16.4. The number of pyridine rings is 1. The fourth-order valence-electron chi connectivity index (χ4n) is 3.29. The number of benzene rings is 2. The van der Waals surface area contributed by atoms with Crippen LogP contribution >= 0.6 is 0 Å². The van der Waals surface area contributed by atoms with Crippen molar-refractivity contribution in [3.63, 3.8) is 0 Å². The predicted octanol–water partition coefficient (Wildman–Crippen LogP) is 4.23. The standard InChI is InChI=1S/C22H21N3O4/c1-4-25-17-8-6-5-7-16(17)19(26)18(22(25)27)21-23-20(24-29-21)14-9-11-15(12-10-14)28-13(2)3/h5-13,26H,4H2,1-3H3. The molecule has 2 aromatic carbocycles. The van der Waals surface area contributed by atoms with Crippen molar-refractivity contribution in [2.75, 3.05) is 0 Å². The molecule has 2 heterocycles. The number of aromatic hydroxyl groups is 1. The first-order valence-corrected chi connectivity index (χ1v) is 9.45. The average Bonchev–Trinajstić information content (AvgIpc) is 3.18. The van der Waals surface area contributed by atoms with E-state index in [2.05, 4.69) is 10.1 Å². The highest BCUT2D eigenvalue weighted by molar-refractivity contribution is 5.91. The third-order valence-electron chi connectivity index (χ3n) is 4.59. The van der Waals surface area contributed by atoms with E-state index in [1.54, 1.807) is 22.8 Å². The molecule has 7 nitrogen and oxygen atoms in total. The Labute approximate surface area is 167 Å². The number of aryl methyl sites for hydroxylation is 1. The summed E-state index contributed by atoms with van der Waals surface area (Å²) < 4.78 is 12.6. The molecule has 2 aromatic heterocycles. The van der Waals surface area contributed by atoms with Crippen LogP contribution in [0.4, 0.5) is 0 Å². The van der Waals surface area contributed by atoms with Crippen molar-refractivity contribution in [3.05, 3.63) is 58.9 Å². The van der Waals surface area contributed by atoms with E-state index in [9.17, 15) is 9.90 Å². The quantitative estimate of drug-likeness (QED) is 0.547. The van der Waals surface area contributed by atoms with E-state index >= 15 is 0 Å². The summed E-state index contributed by atoms with van der Waals surface area (Å²) in [5.41, 5.74) is 0.998. The van der Waals surface area contributed by atoms with Crippen molar-refractivity contribution in [2.24, 2.45) is 0 Å². The maximum Gasteiger partial charge on any atom is 0.267 e. The number of hydrogen-bond acceptors (Lipinski definition) is 6. The van der Waals surface area contributed by atoms with Gasteiger partial charge in [-0.15, -0.1) is 0 Å². The summed E-state index contributed by atoms with van der Waals surface area (Å²) in [4.78, 5) is 17.3. The molecular weight excluding hydrogens is 370 g/mol. The van der Waals surface area contributed by atoms with Gasteiger partial charge in [-0.1, -0.05) is 17.3 Å². The number of para-hydroxylation sites is 1. The second-order valence-electron chi connectivity index (χ2n) is 6.90. The normalized spacial score (nSPS) is 11.3. The van der Waals surface area contributed by atoms with Gasteiger partial charge < -0.3 is 18.9 Å². The van der Waals surface area contributed by atoms with Crippen molar-refractivity contribution in [2.45, 2.75) is 33.4 Å². The van der Waals surface area contributed by atoms with Gasteiger partial charge in [0.2, 0.25) is 5.82 Å². The van der Waals surface area contributed by atoms with Crippen LogP contribution in [-0.2, 0) is 6.54 Å². The molecule has 0 saturated carbocycles. The Morgan fingerprint density at radius 2 is 1.86 bits per heavy atom. The molecule has 7 heteroatoms. The first kappa shape index (κ1) is 18.7. The molecule has 0 aliphatic heterocycles. The molecule has 4 aromatic rings. The van der Waals surface area contributed by atoms with Crippen LogP contribution in [0.15, 0.2) is 57.8 Å². The molecule has 1 N–H and O–H groups in total. The van der Waals surface area contributed by atoms with E-state index in [0.29, 0.717) is 28.8 Å². The van der Waals surface area contributed by atoms with Crippen molar-refractivity contribution in [3.8, 4) is 34.3 Å². The van der Waals surface area contributed by atoms with E-state index in [1.165, 1.54) is 0 Å². The fourth-order valence-corrected chi connectivity index (χ4v) is 3.29. The zero-order valence-corrected chi connectivity index (χ0v) is 16.4. The summed E-state index contributed by atoms with van der Waals surface area (Å²) in [7, 11) is 0. The van der Waals surface area contributed by atoms with Crippen molar-refractivity contribution in [1.29, 1.82) is 0 Å². The minimum atomic E-state index is -0.375. The second-order valence-corrected chi connectivity index (χ2v) is 6.90. The molecule has 0 radical (unpaired) electrons. The Balaban J connectivity index is 1.79. The summed E-state index contributed by atoms with van der Waals surface area (Å²) in [5, 5.41) is 15.3. The molecule has 0 amide bonds. The van der Waals surface area contributed by atoms with E-state index in [4.69, 9.17) is 9.26 Å². The third kappa shape index (κ3) is 3.35. The highest BCUT2D eigenvalue weighted by Gasteiger charge is 2.22. The molecule has 29 heavy (non-hydrogen) atoms. The lowest BCUT2D eigenvalue weighted by Gasteiger charge is -2.11. The molecule has 0 bridgehead atoms. The summed E-state index contributed by atoms with van der Waals surface area (Å²) in [6, 6.07) is 14.5. The van der Waals surface area contributed by atoms with Gasteiger partial charge in [0.15, 0.2) is 0 Å². The molecule has 4 rings (SSSR count). The number of ether oxygens (including phenoxy) is 1. The van der Waals surface area contributed by atoms with Crippen LogP contribution in [0.3, 0.4) is 0 Å². The second kappa shape index (κ2) is 7.43. The van der Waals surface area contributed by atoms with Gasteiger partial charge >= 0.3 is 0 Å². The monoisotopic (exact) mass is 391 g/mol. The molecular formula is C22H21N3O4. The highest BCUT2D eigenvalue weighted by Crippen LogP contribution is 2.33. The van der Waals surface area contributed by atoms with Crippen LogP contribution in [0, 0.1) is 0 Å². The summed E-state index contributed by atoms with van der Waals surface area (Å²) in [5.74, 6) is 0.890. The molecule has 0 atom stereocenters. The van der Waals surface area contributed by atoms with E-state index in [1.807, 2.05) is 51.1 Å². The van der Waals surface area contributed by atoms with Crippen LogP contribution in [0.2, 0.25) is 0 Å². The minimum absolute atomic E-state index is 0.00376. The maximum atomic E-state index is 13.0. The summed E-state index contributed by atoms with van der Waals surface area (Å²) in [6.07, 6.45) is 0.0780. The van der Waals surface area contributed by atoms with Crippen molar-refractivity contribution >= 4 is 10.9 Å². The lowest BCUT2D eigenvalue weighted by atomic mass is 10.1. The predicted molar refractivity (Wildman–Crippen MR) is 110 cm³/mol. The lowest BCUT2D eigenvalue weighted by molar-refractivity contribution is 0.242. The highest BCUT2D eigenvalue weighted by atomic mass is 16.5. The molecule has 0 aliphatic rings. The molecule has 148 valence electrons. The van der Waals surface area contributed by atoms with Crippen LogP contribution in [-0.4, -0.2) is 25.9 Å². The lowest BCUT2D eigenvalue weighted by Crippen LogP contribution is -2.21. The first-order chi connectivity index (χ1) is 14.0. The van der Waals surface area contributed by atoms with Crippen LogP contribution < -0.4 is 10.3 Å². The van der Waals surface area contributed by atoms with Gasteiger partial charge in [0.1, 0.15) is 17.1 Å². The number of rotatable bonds is 5. The molecule has 0 aliphatic carbocycles. The van der Waals surface area contributed by atoms with Gasteiger partial charge in [0.05, 0.1) is 11.6 Å².